The first-order valence-electron chi connectivity index (χ1n) is 8.70. The van der Waals surface area contributed by atoms with E-state index in [2.05, 4.69) is 15.7 Å². The van der Waals surface area contributed by atoms with Gasteiger partial charge < -0.3 is 15.1 Å². The number of fused-ring (bicyclic) bond motifs is 1. The van der Waals surface area contributed by atoms with Gasteiger partial charge in [0.1, 0.15) is 11.6 Å². The van der Waals surface area contributed by atoms with Crippen LogP contribution in [-0.4, -0.2) is 21.9 Å². The van der Waals surface area contributed by atoms with Gasteiger partial charge in [-0.2, -0.15) is 18.3 Å². The van der Waals surface area contributed by atoms with Crippen LogP contribution in [0.15, 0.2) is 59.2 Å². The maximum Gasteiger partial charge on any atom is 0.410 e. The van der Waals surface area contributed by atoms with Gasteiger partial charge in [0.25, 0.3) is 5.91 Å². The van der Waals surface area contributed by atoms with E-state index in [9.17, 15) is 18.0 Å². The molecule has 1 amide bonds. The van der Waals surface area contributed by atoms with Gasteiger partial charge in [-0.3, -0.25) is 4.79 Å². The summed E-state index contributed by atoms with van der Waals surface area (Å²) in [6, 6.07) is 11.3. The van der Waals surface area contributed by atoms with Gasteiger partial charge in [-0.25, -0.2) is 4.68 Å². The minimum absolute atomic E-state index is 0.0861. The van der Waals surface area contributed by atoms with Crippen molar-refractivity contribution in [3.63, 3.8) is 0 Å². The molecule has 4 rings (SSSR count). The average molecular weight is 390 g/mol. The molecular weight excluding hydrogens is 373 g/mol. The van der Waals surface area contributed by atoms with Gasteiger partial charge >= 0.3 is 6.18 Å². The predicted octanol–water partition coefficient (Wildman–Crippen LogP) is 4.07. The van der Waals surface area contributed by atoms with Crippen molar-refractivity contribution < 1.29 is 22.4 Å². The second kappa shape index (κ2) is 7.06. The number of amides is 1. The molecule has 0 bridgehead atoms. The fourth-order valence-corrected chi connectivity index (χ4v) is 3.26. The molecule has 1 aliphatic heterocycles. The van der Waals surface area contributed by atoms with Gasteiger partial charge in [0.05, 0.1) is 18.8 Å². The highest BCUT2D eigenvalue weighted by Gasteiger charge is 2.46. The van der Waals surface area contributed by atoms with Gasteiger partial charge in [-0.1, -0.05) is 30.3 Å². The van der Waals surface area contributed by atoms with Crippen molar-refractivity contribution in [2.45, 2.75) is 31.2 Å². The summed E-state index contributed by atoms with van der Waals surface area (Å²) in [5.41, 5.74) is 0.657. The van der Waals surface area contributed by atoms with Crippen LogP contribution in [0.25, 0.3) is 0 Å². The third kappa shape index (κ3) is 3.60. The average Bonchev–Trinajstić information content (AvgIpc) is 3.34. The summed E-state index contributed by atoms with van der Waals surface area (Å²) >= 11 is 0. The van der Waals surface area contributed by atoms with E-state index in [4.69, 9.17) is 4.42 Å². The van der Waals surface area contributed by atoms with Gasteiger partial charge in [-0.05, 0) is 17.7 Å². The number of nitrogens with zero attached hydrogens (tertiary/aromatic N) is 2. The topological polar surface area (TPSA) is 72.1 Å². The van der Waals surface area contributed by atoms with Gasteiger partial charge in [0, 0.05) is 12.5 Å². The predicted molar refractivity (Wildman–Crippen MR) is 94.6 cm³/mol. The number of furan rings is 1. The molecule has 0 fully saturated rings. The normalized spacial score (nSPS) is 19.0. The van der Waals surface area contributed by atoms with Crippen LogP contribution in [0.3, 0.4) is 0 Å². The molecule has 3 aromatic rings. The number of anilines is 1. The van der Waals surface area contributed by atoms with Crippen molar-refractivity contribution in [2.75, 3.05) is 5.32 Å². The number of rotatable bonds is 4. The van der Waals surface area contributed by atoms with Crippen LogP contribution in [-0.2, 0) is 6.54 Å². The molecule has 6 nitrogen and oxygen atoms in total. The molecule has 0 unspecified atom stereocenters. The Kier molecular flexibility index (Phi) is 4.58. The summed E-state index contributed by atoms with van der Waals surface area (Å²) in [6.07, 6.45) is -3.23. The van der Waals surface area contributed by atoms with Gasteiger partial charge in [0.15, 0.2) is 11.7 Å². The van der Waals surface area contributed by atoms with Crippen molar-refractivity contribution in [2.24, 2.45) is 0 Å². The maximum absolute atomic E-state index is 13.7. The second-order valence-corrected chi connectivity index (χ2v) is 6.52. The summed E-state index contributed by atoms with van der Waals surface area (Å²) in [4.78, 5) is 12.3. The Morgan fingerprint density at radius 2 is 2.04 bits per heavy atom. The molecular formula is C19H17F3N4O2. The molecule has 0 aliphatic carbocycles. The lowest BCUT2D eigenvalue weighted by Crippen LogP contribution is -2.35. The first-order chi connectivity index (χ1) is 13.4. The molecule has 1 aliphatic rings. The summed E-state index contributed by atoms with van der Waals surface area (Å²) < 4.78 is 46.9. The Morgan fingerprint density at radius 3 is 2.71 bits per heavy atom. The van der Waals surface area contributed by atoms with E-state index in [1.54, 1.807) is 42.5 Å². The number of aromatic nitrogens is 2. The summed E-state index contributed by atoms with van der Waals surface area (Å²) in [5.74, 6) is 0.121. The molecule has 0 saturated carbocycles. The second-order valence-electron chi connectivity index (χ2n) is 6.52. The van der Waals surface area contributed by atoms with Crippen LogP contribution in [0.4, 0.5) is 19.0 Å². The number of benzene rings is 1. The van der Waals surface area contributed by atoms with E-state index < -0.39 is 24.2 Å². The molecule has 2 atom stereocenters. The molecule has 2 aromatic heterocycles. The lowest BCUT2D eigenvalue weighted by atomic mass is 9.97. The van der Waals surface area contributed by atoms with E-state index in [0.29, 0.717) is 5.76 Å². The molecule has 146 valence electrons. The van der Waals surface area contributed by atoms with Crippen molar-refractivity contribution in [1.82, 2.24) is 15.1 Å². The van der Waals surface area contributed by atoms with Gasteiger partial charge in [-0.15, -0.1) is 0 Å². The SMILES string of the molecule is O=C(NCc1ccco1)c1cc2n(n1)[C@@H](C(F)(F)F)C[C@@H](c1ccccc1)N2. The minimum atomic E-state index is -4.49. The highest BCUT2D eigenvalue weighted by atomic mass is 19.4. The number of halogens is 3. The smallest absolute Gasteiger partial charge is 0.410 e. The van der Waals surface area contributed by atoms with E-state index in [-0.39, 0.29) is 24.5 Å². The van der Waals surface area contributed by atoms with E-state index >= 15 is 0 Å². The largest absolute Gasteiger partial charge is 0.467 e. The van der Waals surface area contributed by atoms with Crippen LogP contribution < -0.4 is 10.6 Å². The fourth-order valence-electron chi connectivity index (χ4n) is 3.26. The first-order valence-corrected chi connectivity index (χ1v) is 8.70. The molecule has 0 radical (unpaired) electrons. The van der Waals surface area contributed by atoms with Crippen LogP contribution in [0, 0.1) is 0 Å². The lowest BCUT2D eigenvalue weighted by molar-refractivity contribution is -0.173. The quantitative estimate of drug-likeness (QED) is 0.705. The van der Waals surface area contributed by atoms with Crippen molar-refractivity contribution in [3.8, 4) is 0 Å². The van der Waals surface area contributed by atoms with Crippen LogP contribution in [0.5, 0.6) is 0 Å². The zero-order chi connectivity index (χ0) is 19.7. The third-order valence-electron chi connectivity index (χ3n) is 4.63. The molecule has 1 aromatic carbocycles. The molecule has 3 heterocycles. The summed E-state index contributed by atoms with van der Waals surface area (Å²) in [6.45, 7) is 0.122. The number of hydrogen-bond donors (Lipinski definition) is 2. The highest BCUT2D eigenvalue weighted by molar-refractivity contribution is 5.93. The number of carbonyl (C=O) groups excluding carboxylic acids is 1. The molecule has 2 N–H and O–H groups in total. The number of hydrogen-bond acceptors (Lipinski definition) is 4. The zero-order valence-electron chi connectivity index (χ0n) is 14.6. The third-order valence-corrected chi connectivity index (χ3v) is 4.63. The Labute approximate surface area is 158 Å². The Hall–Kier alpha value is -3.23. The number of nitrogens with one attached hydrogen (secondary N) is 2. The molecule has 0 spiro atoms. The zero-order valence-corrected chi connectivity index (χ0v) is 14.6. The summed E-state index contributed by atoms with van der Waals surface area (Å²) in [7, 11) is 0. The summed E-state index contributed by atoms with van der Waals surface area (Å²) in [5, 5.41) is 9.57. The van der Waals surface area contributed by atoms with Gasteiger partial charge in [0.2, 0.25) is 0 Å². The van der Waals surface area contributed by atoms with E-state index in [0.717, 1.165) is 10.2 Å². The van der Waals surface area contributed by atoms with Crippen molar-refractivity contribution >= 4 is 11.7 Å². The fraction of sp³-hybridized carbons (Fsp3) is 0.263. The highest BCUT2D eigenvalue weighted by Crippen LogP contribution is 2.43. The van der Waals surface area contributed by atoms with E-state index in [1.165, 1.54) is 12.3 Å². The van der Waals surface area contributed by atoms with Crippen molar-refractivity contribution in [1.29, 1.82) is 0 Å². The lowest BCUT2D eigenvalue weighted by Gasteiger charge is -2.33. The van der Waals surface area contributed by atoms with Crippen LogP contribution in [0.1, 0.15) is 40.3 Å². The first kappa shape index (κ1) is 18.1. The molecule has 9 heteroatoms. The molecule has 28 heavy (non-hydrogen) atoms. The Morgan fingerprint density at radius 1 is 1.25 bits per heavy atom. The Balaban J connectivity index is 1.59. The minimum Gasteiger partial charge on any atom is -0.467 e. The van der Waals surface area contributed by atoms with E-state index in [1.807, 2.05) is 0 Å². The maximum atomic E-state index is 13.7. The number of alkyl halides is 3. The Bertz CT molecular complexity index is 951. The molecule has 0 saturated heterocycles. The van der Waals surface area contributed by atoms with Crippen LogP contribution >= 0.6 is 0 Å². The standard InChI is InChI=1S/C19H17F3N4O2/c20-19(21,22)16-9-14(12-5-2-1-3-6-12)24-17-10-15(25-26(16)17)18(27)23-11-13-7-4-8-28-13/h1-8,10,14,16,24H,9,11H2,(H,23,27)/t14-,16+/m0/s1. The van der Waals surface area contributed by atoms with Crippen LogP contribution in [0.2, 0.25) is 0 Å². The van der Waals surface area contributed by atoms with Crippen molar-refractivity contribution in [3.05, 3.63) is 71.8 Å². The monoisotopic (exact) mass is 390 g/mol. The number of carbonyl (C=O) groups is 1.